The maximum Gasteiger partial charge on any atom is 0.233 e. The molecule has 158 valence electrons. The number of carbonyl (C=O) groups is 1. The topological polar surface area (TPSA) is 66.8 Å². The van der Waals surface area contributed by atoms with Crippen molar-refractivity contribution in [3.05, 3.63) is 65.5 Å². The lowest BCUT2D eigenvalue weighted by Crippen LogP contribution is -2.31. The van der Waals surface area contributed by atoms with Crippen molar-refractivity contribution in [3.63, 3.8) is 0 Å². The minimum Gasteiger partial charge on any atom is -0.360 e. The lowest BCUT2D eigenvalue weighted by Gasteiger charge is -2.20. The molecule has 1 aliphatic rings. The summed E-state index contributed by atoms with van der Waals surface area (Å²) in [6, 6.07) is 12.7. The molecule has 1 aliphatic carbocycles. The summed E-state index contributed by atoms with van der Waals surface area (Å²) in [5.74, 6) is 1.28. The SMILES string of the molecule is C=CCN(Cc1cccs1)C(=O)CSc1nnc(-c2c[nH]c3ccccc23)n1C1CC1. The molecule has 1 amide bonds. The number of thiophene rings is 1. The Labute approximate surface area is 189 Å². The van der Waals surface area contributed by atoms with Gasteiger partial charge >= 0.3 is 0 Å². The van der Waals surface area contributed by atoms with Gasteiger partial charge in [0.05, 0.1) is 12.3 Å². The van der Waals surface area contributed by atoms with Crippen LogP contribution in [0.2, 0.25) is 0 Å². The summed E-state index contributed by atoms with van der Waals surface area (Å²) in [5.41, 5.74) is 2.14. The normalized spacial score (nSPS) is 13.5. The van der Waals surface area contributed by atoms with Crippen LogP contribution in [0, 0.1) is 0 Å². The van der Waals surface area contributed by atoms with Crippen molar-refractivity contribution in [1.82, 2.24) is 24.6 Å². The summed E-state index contributed by atoms with van der Waals surface area (Å²) in [7, 11) is 0. The Hall–Kier alpha value is -2.84. The minimum absolute atomic E-state index is 0.0808. The van der Waals surface area contributed by atoms with E-state index < -0.39 is 0 Å². The molecule has 0 radical (unpaired) electrons. The molecule has 1 saturated carbocycles. The highest BCUT2D eigenvalue weighted by Crippen LogP contribution is 2.42. The zero-order valence-corrected chi connectivity index (χ0v) is 18.7. The highest BCUT2D eigenvalue weighted by Gasteiger charge is 2.31. The van der Waals surface area contributed by atoms with E-state index in [1.54, 1.807) is 17.4 Å². The average molecular weight is 450 g/mol. The molecule has 0 aliphatic heterocycles. The van der Waals surface area contributed by atoms with E-state index in [0.717, 1.165) is 40.3 Å². The molecule has 3 heterocycles. The van der Waals surface area contributed by atoms with Crippen LogP contribution in [0.3, 0.4) is 0 Å². The van der Waals surface area contributed by atoms with Gasteiger partial charge in [0.15, 0.2) is 11.0 Å². The van der Waals surface area contributed by atoms with Gasteiger partial charge in [-0.15, -0.1) is 28.1 Å². The number of H-pyrrole nitrogens is 1. The second kappa shape index (κ2) is 8.72. The van der Waals surface area contributed by atoms with E-state index in [-0.39, 0.29) is 5.91 Å². The molecule has 31 heavy (non-hydrogen) atoms. The first-order chi connectivity index (χ1) is 15.2. The minimum atomic E-state index is 0.0808. The first-order valence-electron chi connectivity index (χ1n) is 10.3. The predicted molar refractivity (Wildman–Crippen MR) is 126 cm³/mol. The fraction of sp³-hybridized carbons (Fsp3) is 0.261. The third-order valence-corrected chi connectivity index (χ3v) is 7.15. The van der Waals surface area contributed by atoms with E-state index in [2.05, 4.69) is 44.5 Å². The van der Waals surface area contributed by atoms with E-state index in [1.165, 1.54) is 16.6 Å². The van der Waals surface area contributed by atoms with Crippen molar-refractivity contribution in [3.8, 4) is 11.4 Å². The number of nitrogens with one attached hydrogen (secondary N) is 1. The Bertz CT molecular complexity index is 1210. The van der Waals surface area contributed by atoms with Crippen LogP contribution in [-0.4, -0.2) is 42.9 Å². The molecule has 4 aromatic rings. The van der Waals surface area contributed by atoms with Gasteiger partial charge in [0.1, 0.15) is 0 Å². The molecule has 6 nitrogen and oxygen atoms in total. The lowest BCUT2D eigenvalue weighted by atomic mass is 10.1. The molecule has 8 heteroatoms. The molecule has 1 fully saturated rings. The van der Waals surface area contributed by atoms with Crippen LogP contribution >= 0.6 is 23.1 Å². The summed E-state index contributed by atoms with van der Waals surface area (Å²) >= 11 is 3.13. The Balaban J connectivity index is 1.36. The lowest BCUT2D eigenvalue weighted by molar-refractivity contribution is -0.128. The van der Waals surface area contributed by atoms with Gasteiger partial charge < -0.3 is 9.88 Å². The van der Waals surface area contributed by atoms with Crippen molar-refractivity contribution in [1.29, 1.82) is 0 Å². The summed E-state index contributed by atoms with van der Waals surface area (Å²) < 4.78 is 2.21. The molecule has 0 saturated heterocycles. The molecule has 0 atom stereocenters. The van der Waals surface area contributed by atoms with Crippen LogP contribution in [0.15, 0.2) is 65.8 Å². The molecular weight excluding hydrogens is 426 g/mol. The third kappa shape index (κ3) is 4.18. The molecular formula is C23H23N5OS2. The van der Waals surface area contributed by atoms with Crippen LogP contribution in [0.25, 0.3) is 22.3 Å². The number of rotatable bonds is 9. The van der Waals surface area contributed by atoms with Crippen molar-refractivity contribution in [2.45, 2.75) is 30.6 Å². The fourth-order valence-electron chi connectivity index (χ4n) is 3.70. The largest absolute Gasteiger partial charge is 0.360 e. The second-order valence-corrected chi connectivity index (χ2v) is 9.56. The molecule has 0 unspecified atom stereocenters. The number of hydrogen-bond acceptors (Lipinski definition) is 5. The Morgan fingerprint density at radius 1 is 1.29 bits per heavy atom. The van der Waals surface area contributed by atoms with Gasteiger partial charge in [-0.05, 0) is 30.4 Å². The van der Waals surface area contributed by atoms with Gasteiger partial charge in [-0.25, -0.2) is 0 Å². The smallest absolute Gasteiger partial charge is 0.233 e. The van der Waals surface area contributed by atoms with Crippen LogP contribution in [-0.2, 0) is 11.3 Å². The van der Waals surface area contributed by atoms with Crippen molar-refractivity contribution in [2.24, 2.45) is 0 Å². The van der Waals surface area contributed by atoms with Crippen molar-refractivity contribution < 1.29 is 4.79 Å². The van der Waals surface area contributed by atoms with Gasteiger partial charge in [0, 0.05) is 40.1 Å². The first kappa shape index (κ1) is 20.1. The fourth-order valence-corrected chi connectivity index (χ4v) is 5.32. The van der Waals surface area contributed by atoms with Crippen molar-refractivity contribution >= 4 is 39.9 Å². The zero-order chi connectivity index (χ0) is 21.2. The van der Waals surface area contributed by atoms with Crippen LogP contribution in [0.4, 0.5) is 0 Å². The quantitative estimate of drug-likeness (QED) is 0.284. The molecule has 0 spiro atoms. The molecule has 1 aromatic carbocycles. The maximum absolute atomic E-state index is 12.9. The average Bonchev–Trinajstić information content (AvgIpc) is 3.18. The number of para-hydroxylation sites is 1. The molecule has 1 N–H and O–H groups in total. The highest BCUT2D eigenvalue weighted by atomic mass is 32.2. The summed E-state index contributed by atoms with van der Waals surface area (Å²) in [4.78, 5) is 19.3. The summed E-state index contributed by atoms with van der Waals surface area (Å²) in [5, 5.41) is 13.0. The van der Waals surface area contributed by atoms with Crippen molar-refractivity contribution in [2.75, 3.05) is 12.3 Å². The predicted octanol–water partition coefficient (Wildman–Crippen LogP) is 5.13. The summed E-state index contributed by atoms with van der Waals surface area (Å²) in [6.45, 7) is 4.95. The Morgan fingerprint density at radius 3 is 2.94 bits per heavy atom. The van der Waals surface area contributed by atoms with E-state index in [0.29, 0.717) is 24.9 Å². The van der Waals surface area contributed by atoms with Gasteiger partial charge in [-0.2, -0.15) is 0 Å². The third-order valence-electron chi connectivity index (χ3n) is 5.36. The number of fused-ring (bicyclic) bond motifs is 1. The van der Waals surface area contributed by atoms with Gasteiger partial charge in [0.25, 0.3) is 0 Å². The molecule has 0 bridgehead atoms. The van der Waals surface area contributed by atoms with E-state index >= 15 is 0 Å². The second-order valence-electron chi connectivity index (χ2n) is 7.59. The number of aromatic nitrogens is 4. The zero-order valence-electron chi connectivity index (χ0n) is 17.0. The number of benzene rings is 1. The summed E-state index contributed by atoms with van der Waals surface area (Å²) in [6.07, 6.45) is 6.02. The van der Waals surface area contributed by atoms with Crippen LogP contribution in [0.1, 0.15) is 23.8 Å². The number of aromatic amines is 1. The monoisotopic (exact) mass is 449 g/mol. The van der Waals surface area contributed by atoms with Gasteiger partial charge in [-0.1, -0.05) is 42.1 Å². The Morgan fingerprint density at radius 2 is 2.16 bits per heavy atom. The van der Waals surface area contributed by atoms with Crippen LogP contribution in [0.5, 0.6) is 0 Å². The van der Waals surface area contributed by atoms with E-state index in [1.807, 2.05) is 34.7 Å². The molecule has 5 rings (SSSR count). The number of carbonyl (C=O) groups excluding carboxylic acids is 1. The maximum atomic E-state index is 12.9. The number of thioether (sulfide) groups is 1. The van der Waals surface area contributed by atoms with Crippen LogP contribution < -0.4 is 0 Å². The number of hydrogen-bond donors (Lipinski definition) is 1. The Kier molecular flexibility index (Phi) is 5.65. The standard InChI is InChI=1S/C23H23N5OS2/c1-2-11-27(14-17-6-5-12-30-17)21(29)15-31-23-26-25-22(28(23)16-9-10-16)19-13-24-20-8-4-3-7-18(19)20/h2-8,12-13,16,24H,1,9-11,14-15H2. The number of amides is 1. The first-order valence-corrected chi connectivity index (χ1v) is 12.2. The molecule has 3 aromatic heterocycles. The van der Waals surface area contributed by atoms with E-state index in [9.17, 15) is 4.79 Å². The van der Waals surface area contributed by atoms with Gasteiger partial charge in [0.2, 0.25) is 5.91 Å². The number of nitrogens with zero attached hydrogens (tertiary/aromatic N) is 4. The van der Waals surface area contributed by atoms with E-state index in [4.69, 9.17) is 0 Å². The van der Waals surface area contributed by atoms with Gasteiger partial charge in [-0.3, -0.25) is 9.36 Å². The highest BCUT2D eigenvalue weighted by molar-refractivity contribution is 7.99.